The minimum Gasteiger partial charge on any atom is -0.325 e. The summed E-state index contributed by atoms with van der Waals surface area (Å²) in [5, 5.41) is 0. The average Bonchev–Trinajstić information content (AvgIpc) is 2.34. The summed E-state index contributed by atoms with van der Waals surface area (Å²) in [6, 6.07) is 10.5. The van der Waals surface area contributed by atoms with Crippen molar-refractivity contribution in [1.29, 1.82) is 0 Å². The maximum Gasteiger partial charge on any atom is 0.0678 e. The highest BCUT2D eigenvalue weighted by Crippen LogP contribution is 2.32. The first-order valence-electron chi connectivity index (χ1n) is 5.60. The van der Waals surface area contributed by atoms with Crippen molar-refractivity contribution in [3.8, 4) is 0 Å². The number of nitrogens with zero attached hydrogens (tertiary/aromatic N) is 1. The Morgan fingerprint density at radius 1 is 1.18 bits per heavy atom. The maximum absolute atomic E-state index is 5.70. The van der Waals surface area contributed by atoms with Gasteiger partial charge in [-0.25, -0.2) is 0 Å². The molecule has 0 amide bonds. The van der Waals surface area contributed by atoms with E-state index in [4.69, 9.17) is 5.73 Å². The predicted molar refractivity (Wildman–Crippen MR) is 72.2 cm³/mol. The zero-order chi connectivity index (χ0) is 12.3. The van der Waals surface area contributed by atoms with Crippen molar-refractivity contribution in [2.24, 2.45) is 5.73 Å². The van der Waals surface area contributed by atoms with Crippen LogP contribution in [0.4, 0.5) is 0 Å². The second kappa shape index (κ2) is 5.34. The Morgan fingerprint density at radius 2 is 2.00 bits per heavy atom. The molecule has 2 aromatic rings. The van der Waals surface area contributed by atoms with Crippen molar-refractivity contribution in [2.75, 3.05) is 0 Å². The molecule has 0 aliphatic heterocycles. The van der Waals surface area contributed by atoms with E-state index in [2.05, 4.69) is 43.1 Å². The van der Waals surface area contributed by atoms with Crippen molar-refractivity contribution in [3.63, 3.8) is 0 Å². The summed E-state index contributed by atoms with van der Waals surface area (Å²) >= 11 is 1.74. The van der Waals surface area contributed by atoms with Gasteiger partial charge in [0.15, 0.2) is 0 Å². The van der Waals surface area contributed by atoms with Gasteiger partial charge in [-0.05, 0) is 43.2 Å². The van der Waals surface area contributed by atoms with Gasteiger partial charge in [0.05, 0.1) is 5.69 Å². The third kappa shape index (κ3) is 2.87. The van der Waals surface area contributed by atoms with E-state index in [1.54, 1.807) is 18.0 Å². The Hall–Kier alpha value is -1.32. The molecule has 0 unspecified atom stereocenters. The van der Waals surface area contributed by atoms with Gasteiger partial charge in [-0.1, -0.05) is 23.9 Å². The van der Waals surface area contributed by atoms with Crippen LogP contribution in [-0.2, 0) is 6.54 Å². The summed E-state index contributed by atoms with van der Waals surface area (Å²) < 4.78 is 0. The lowest BCUT2D eigenvalue weighted by Crippen LogP contribution is -2.00. The molecule has 1 heterocycles. The molecule has 17 heavy (non-hydrogen) atoms. The van der Waals surface area contributed by atoms with Gasteiger partial charge >= 0.3 is 0 Å². The Morgan fingerprint density at radius 3 is 2.76 bits per heavy atom. The number of aryl methyl sites for hydroxylation is 2. The Kier molecular flexibility index (Phi) is 3.82. The molecule has 0 saturated heterocycles. The largest absolute Gasteiger partial charge is 0.325 e. The minimum atomic E-state index is 0.480. The van der Waals surface area contributed by atoms with Crippen LogP contribution < -0.4 is 5.73 Å². The molecule has 1 aromatic carbocycles. The number of nitrogens with two attached hydrogens (primary N) is 1. The van der Waals surface area contributed by atoms with Crippen LogP contribution in [0.2, 0.25) is 0 Å². The van der Waals surface area contributed by atoms with Crippen LogP contribution in [0, 0.1) is 13.8 Å². The van der Waals surface area contributed by atoms with Gasteiger partial charge < -0.3 is 5.73 Å². The molecular formula is C14H16N2S. The molecule has 0 fully saturated rings. The van der Waals surface area contributed by atoms with E-state index in [0.29, 0.717) is 6.54 Å². The van der Waals surface area contributed by atoms with Gasteiger partial charge in [0.25, 0.3) is 0 Å². The van der Waals surface area contributed by atoms with Gasteiger partial charge in [0.1, 0.15) is 0 Å². The SMILES string of the molecule is Cc1ccc(C)c(Sc2cccnc2CN)c1. The standard InChI is InChI=1S/C14H16N2S/c1-10-5-6-11(2)14(8-10)17-13-4-3-7-16-12(13)9-15/h3-8H,9,15H2,1-2H3. The lowest BCUT2D eigenvalue weighted by Gasteiger charge is -2.09. The topological polar surface area (TPSA) is 38.9 Å². The Balaban J connectivity index is 2.34. The third-order valence-corrected chi connectivity index (χ3v) is 3.86. The molecule has 0 aliphatic rings. The third-order valence-electron chi connectivity index (χ3n) is 2.61. The summed E-state index contributed by atoms with van der Waals surface area (Å²) in [5.41, 5.74) is 9.21. The summed E-state index contributed by atoms with van der Waals surface area (Å²) in [6.45, 7) is 4.71. The van der Waals surface area contributed by atoms with Crippen LogP contribution >= 0.6 is 11.8 Å². The second-order valence-corrected chi connectivity index (χ2v) is 5.11. The van der Waals surface area contributed by atoms with E-state index < -0.39 is 0 Å². The first kappa shape index (κ1) is 12.1. The summed E-state index contributed by atoms with van der Waals surface area (Å²) in [4.78, 5) is 6.71. The van der Waals surface area contributed by atoms with E-state index in [1.165, 1.54) is 16.0 Å². The lowest BCUT2D eigenvalue weighted by atomic mass is 10.2. The summed E-state index contributed by atoms with van der Waals surface area (Å²) in [6.07, 6.45) is 1.79. The van der Waals surface area contributed by atoms with E-state index in [9.17, 15) is 0 Å². The van der Waals surface area contributed by atoms with Crippen molar-refractivity contribution in [2.45, 2.75) is 30.2 Å². The molecule has 0 radical (unpaired) electrons. The number of rotatable bonds is 3. The lowest BCUT2D eigenvalue weighted by molar-refractivity contribution is 0.943. The van der Waals surface area contributed by atoms with Gasteiger partial charge in [0.2, 0.25) is 0 Å². The smallest absolute Gasteiger partial charge is 0.0678 e. The van der Waals surface area contributed by atoms with Crippen LogP contribution in [-0.4, -0.2) is 4.98 Å². The van der Waals surface area contributed by atoms with Crippen LogP contribution in [0.3, 0.4) is 0 Å². The fourth-order valence-corrected chi connectivity index (χ4v) is 2.72. The van der Waals surface area contributed by atoms with Crippen molar-refractivity contribution >= 4 is 11.8 Å². The van der Waals surface area contributed by atoms with Crippen molar-refractivity contribution < 1.29 is 0 Å². The van der Waals surface area contributed by atoms with E-state index in [-0.39, 0.29) is 0 Å². The van der Waals surface area contributed by atoms with Crippen LogP contribution in [0.1, 0.15) is 16.8 Å². The first-order chi connectivity index (χ1) is 8.20. The van der Waals surface area contributed by atoms with Crippen LogP contribution in [0.15, 0.2) is 46.3 Å². The Bertz CT molecular complexity index is 523. The molecule has 2 N–H and O–H groups in total. The molecule has 0 aliphatic carbocycles. The fourth-order valence-electron chi connectivity index (χ4n) is 1.61. The molecule has 0 saturated carbocycles. The normalized spacial score (nSPS) is 10.5. The van der Waals surface area contributed by atoms with Crippen LogP contribution in [0.5, 0.6) is 0 Å². The van der Waals surface area contributed by atoms with E-state index >= 15 is 0 Å². The van der Waals surface area contributed by atoms with E-state index in [0.717, 1.165) is 10.6 Å². The van der Waals surface area contributed by atoms with E-state index in [1.807, 2.05) is 6.07 Å². The number of aromatic nitrogens is 1. The monoisotopic (exact) mass is 244 g/mol. The quantitative estimate of drug-likeness (QED) is 0.900. The van der Waals surface area contributed by atoms with Crippen molar-refractivity contribution in [3.05, 3.63) is 53.3 Å². The molecule has 1 aromatic heterocycles. The molecule has 0 spiro atoms. The number of pyridine rings is 1. The number of hydrogen-bond acceptors (Lipinski definition) is 3. The van der Waals surface area contributed by atoms with Crippen LogP contribution in [0.25, 0.3) is 0 Å². The van der Waals surface area contributed by atoms with Gasteiger partial charge in [-0.2, -0.15) is 0 Å². The zero-order valence-corrected chi connectivity index (χ0v) is 10.9. The van der Waals surface area contributed by atoms with Gasteiger partial charge in [-0.15, -0.1) is 0 Å². The highest BCUT2D eigenvalue weighted by atomic mass is 32.2. The number of benzene rings is 1. The highest BCUT2D eigenvalue weighted by molar-refractivity contribution is 7.99. The zero-order valence-electron chi connectivity index (χ0n) is 10.1. The molecule has 2 rings (SSSR count). The summed E-state index contributed by atoms with van der Waals surface area (Å²) in [7, 11) is 0. The summed E-state index contributed by atoms with van der Waals surface area (Å²) in [5.74, 6) is 0. The number of hydrogen-bond donors (Lipinski definition) is 1. The van der Waals surface area contributed by atoms with Gasteiger partial charge in [0, 0.05) is 22.5 Å². The van der Waals surface area contributed by atoms with Gasteiger partial charge in [-0.3, -0.25) is 4.98 Å². The average molecular weight is 244 g/mol. The minimum absolute atomic E-state index is 0.480. The second-order valence-electron chi connectivity index (χ2n) is 4.02. The molecule has 2 nitrogen and oxygen atoms in total. The Labute approximate surface area is 106 Å². The molecule has 88 valence electrons. The van der Waals surface area contributed by atoms with Crippen molar-refractivity contribution in [1.82, 2.24) is 4.98 Å². The highest BCUT2D eigenvalue weighted by Gasteiger charge is 2.06. The predicted octanol–water partition coefficient (Wildman–Crippen LogP) is 3.31. The molecule has 3 heteroatoms. The molecule has 0 atom stereocenters. The first-order valence-corrected chi connectivity index (χ1v) is 6.41. The molecular weight excluding hydrogens is 228 g/mol. The fraction of sp³-hybridized carbons (Fsp3) is 0.214. The molecule has 0 bridgehead atoms. The maximum atomic E-state index is 5.70.